The van der Waals surface area contributed by atoms with E-state index in [-0.39, 0.29) is 27.7 Å². The molecule has 0 N–H and O–H groups in total. The number of methoxy groups -OCH3 is 2. The van der Waals surface area contributed by atoms with Crippen molar-refractivity contribution in [2.45, 2.75) is 188 Å². The van der Waals surface area contributed by atoms with Crippen molar-refractivity contribution in [3.63, 3.8) is 0 Å². The lowest BCUT2D eigenvalue weighted by molar-refractivity contribution is -0.0519. The van der Waals surface area contributed by atoms with Gasteiger partial charge in [-0.1, -0.05) is 62.3 Å². The molecule has 5 nitrogen and oxygen atoms in total. The summed E-state index contributed by atoms with van der Waals surface area (Å²) in [5, 5.41) is 1.26. The minimum absolute atomic E-state index is 0.0168. The molecule has 1 fully saturated rings. The molecule has 3 unspecified atom stereocenters. The van der Waals surface area contributed by atoms with Gasteiger partial charge in [-0.25, -0.2) is 0 Å². The molecule has 4 aromatic rings. The predicted molar refractivity (Wildman–Crippen MR) is 254 cm³/mol. The van der Waals surface area contributed by atoms with Crippen LogP contribution in [0.3, 0.4) is 0 Å². The number of ether oxygens (including phenoxy) is 3. The summed E-state index contributed by atoms with van der Waals surface area (Å²) in [4.78, 5) is 2.76. The molecule has 0 aliphatic carbocycles. The van der Waals surface area contributed by atoms with Crippen LogP contribution in [0.5, 0.6) is 17.2 Å². The summed E-state index contributed by atoms with van der Waals surface area (Å²) in [6.45, 7) is 52.9. The van der Waals surface area contributed by atoms with Gasteiger partial charge in [-0.3, -0.25) is 4.90 Å². The fourth-order valence-electron chi connectivity index (χ4n) is 11.3. The molecule has 0 bridgehead atoms. The third kappa shape index (κ3) is 7.52. The number of aryl methyl sites for hydroxylation is 3. The lowest BCUT2D eigenvalue weighted by atomic mass is 9.52. The number of likely N-dealkylation sites (tertiary alicyclic amines) is 1. The Kier molecular flexibility index (Phi) is 12.2. The Labute approximate surface area is 360 Å². The van der Waals surface area contributed by atoms with Crippen LogP contribution in [-0.4, -0.2) is 47.9 Å². The summed E-state index contributed by atoms with van der Waals surface area (Å²) in [6, 6.07) is 7.52. The summed E-state index contributed by atoms with van der Waals surface area (Å²) in [5.74, 6) is 2.85. The number of hydrogen-bond acceptors (Lipinski definition) is 4. The fraction of sp³-hybridized carbons (Fsp3) is 0.630. The first-order valence-electron chi connectivity index (χ1n) is 22.3. The smallest absolute Gasteiger partial charge is 0.126 e. The van der Waals surface area contributed by atoms with Crippen molar-refractivity contribution < 1.29 is 14.2 Å². The predicted octanol–water partition coefficient (Wildman–Crippen LogP) is 14.4. The molecule has 1 aliphatic rings. The number of rotatable bonds is 9. The van der Waals surface area contributed by atoms with E-state index >= 15 is 0 Å². The topological polar surface area (TPSA) is 35.9 Å². The van der Waals surface area contributed by atoms with Crippen LogP contribution in [0, 0.1) is 71.6 Å². The van der Waals surface area contributed by atoms with E-state index in [4.69, 9.17) is 14.2 Å². The number of aromatic nitrogens is 1. The molecule has 3 aromatic carbocycles. The van der Waals surface area contributed by atoms with Crippen molar-refractivity contribution in [1.82, 2.24) is 9.47 Å². The largest absolute Gasteiger partial charge is 0.497 e. The maximum absolute atomic E-state index is 7.33. The van der Waals surface area contributed by atoms with Crippen LogP contribution < -0.4 is 14.2 Å². The normalized spacial score (nSPS) is 20.1. The zero-order valence-electron chi connectivity index (χ0n) is 42.0. The van der Waals surface area contributed by atoms with Crippen LogP contribution in [0.2, 0.25) is 0 Å². The van der Waals surface area contributed by atoms with Crippen molar-refractivity contribution >= 4 is 10.9 Å². The Bertz CT molecular complexity index is 2200. The first kappa shape index (κ1) is 46.6. The lowest BCUT2D eigenvalue weighted by Crippen LogP contribution is -2.55. The van der Waals surface area contributed by atoms with E-state index < -0.39 is 5.60 Å². The zero-order chi connectivity index (χ0) is 44.9. The highest BCUT2D eigenvalue weighted by molar-refractivity contribution is 5.98. The molecule has 326 valence electrons. The monoisotopic (exact) mass is 807 g/mol. The van der Waals surface area contributed by atoms with Crippen LogP contribution in [0.4, 0.5) is 0 Å². The molecular formula is C54H82N2O3. The van der Waals surface area contributed by atoms with Gasteiger partial charge in [0.15, 0.2) is 0 Å². The second-order valence-corrected chi connectivity index (χ2v) is 22.1. The van der Waals surface area contributed by atoms with Crippen molar-refractivity contribution in [3.8, 4) is 28.5 Å². The Hall–Kier alpha value is -3.44. The summed E-state index contributed by atoms with van der Waals surface area (Å²) >= 11 is 0. The second kappa shape index (κ2) is 15.5. The number of fused-ring (bicyclic) bond motifs is 1. The summed E-state index contributed by atoms with van der Waals surface area (Å²) in [6.07, 6.45) is 1.15. The highest BCUT2D eigenvalue weighted by Gasteiger charge is 2.55. The van der Waals surface area contributed by atoms with E-state index in [0.29, 0.717) is 12.1 Å². The average Bonchev–Trinajstić information content (AvgIpc) is 3.46. The fourth-order valence-corrected chi connectivity index (χ4v) is 11.3. The third-order valence-electron chi connectivity index (χ3n) is 16.3. The molecule has 5 heteroatoms. The Balaban J connectivity index is 1.73. The average molecular weight is 807 g/mol. The van der Waals surface area contributed by atoms with Crippen LogP contribution in [0.1, 0.15) is 165 Å². The van der Waals surface area contributed by atoms with Gasteiger partial charge >= 0.3 is 0 Å². The van der Waals surface area contributed by atoms with E-state index in [1.54, 1.807) is 14.2 Å². The molecule has 3 atom stereocenters. The standard InChI is InChI=1S/C54H82N2O3/c1-30-25-41(57-23)26-31(2)44(30)48-46(50(12,13)14)42-27-43(58-24)33(4)36(7)47(42)56(48)39(10)45-34(5)37(8)49(38(9)35(45)6)59-52(17,18)29-55-32(3)28-51(15,16)54(21,22)53(19,20)40(55)11/h25-27,32,39-40H,28-29H2,1-24H3. The number of benzene rings is 3. The van der Waals surface area contributed by atoms with Gasteiger partial charge < -0.3 is 18.8 Å². The van der Waals surface area contributed by atoms with Gasteiger partial charge in [-0.05, 0) is 192 Å². The van der Waals surface area contributed by atoms with E-state index in [2.05, 4.69) is 180 Å². The molecule has 0 amide bonds. The molecule has 0 radical (unpaired) electrons. The van der Waals surface area contributed by atoms with Gasteiger partial charge in [-0.15, -0.1) is 0 Å². The zero-order valence-corrected chi connectivity index (χ0v) is 42.0. The minimum atomic E-state index is -0.415. The molecule has 0 saturated carbocycles. The molecule has 0 spiro atoms. The van der Waals surface area contributed by atoms with Crippen molar-refractivity contribution in [1.29, 1.82) is 0 Å². The lowest BCUT2D eigenvalue weighted by Gasteiger charge is -2.54. The first-order valence-corrected chi connectivity index (χ1v) is 22.3. The van der Waals surface area contributed by atoms with Crippen molar-refractivity contribution in [2.75, 3.05) is 20.8 Å². The summed E-state index contributed by atoms with van der Waals surface area (Å²) in [5.41, 5.74) is 16.3. The maximum atomic E-state index is 7.33. The van der Waals surface area contributed by atoms with E-state index in [9.17, 15) is 0 Å². The van der Waals surface area contributed by atoms with Gasteiger partial charge in [0.05, 0.1) is 31.5 Å². The molecular weight excluding hydrogens is 725 g/mol. The second-order valence-electron chi connectivity index (χ2n) is 22.1. The molecule has 1 aromatic heterocycles. The summed E-state index contributed by atoms with van der Waals surface area (Å²) < 4.78 is 21.8. The van der Waals surface area contributed by atoms with Crippen LogP contribution in [0.15, 0.2) is 18.2 Å². The van der Waals surface area contributed by atoms with Crippen LogP contribution in [-0.2, 0) is 5.41 Å². The van der Waals surface area contributed by atoms with Gasteiger partial charge in [0.2, 0.25) is 0 Å². The molecule has 5 rings (SSSR count). The van der Waals surface area contributed by atoms with Gasteiger partial charge in [0.1, 0.15) is 22.8 Å². The Morgan fingerprint density at radius 3 is 1.73 bits per heavy atom. The van der Waals surface area contributed by atoms with Crippen molar-refractivity contribution in [3.05, 3.63) is 73.8 Å². The van der Waals surface area contributed by atoms with Gasteiger partial charge in [0.25, 0.3) is 0 Å². The van der Waals surface area contributed by atoms with E-state index in [1.165, 1.54) is 77.8 Å². The van der Waals surface area contributed by atoms with Gasteiger partial charge in [-0.2, -0.15) is 0 Å². The van der Waals surface area contributed by atoms with E-state index in [0.717, 1.165) is 30.2 Å². The van der Waals surface area contributed by atoms with Crippen molar-refractivity contribution in [2.24, 2.45) is 16.2 Å². The molecule has 2 heterocycles. The Morgan fingerprint density at radius 2 is 1.25 bits per heavy atom. The highest BCUT2D eigenvalue weighted by atomic mass is 16.5. The van der Waals surface area contributed by atoms with Crippen LogP contribution >= 0.6 is 0 Å². The molecule has 59 heavy (non-hydrogen) atoms. The molecule has 1 saturated heterocycles. The first-order chi connectivity index (χ1) is 26.9. The van der Waals surface area contributed by atoms with E-state index in [1.807, 2.05) is 0 Å². The quantitative estimate of drug-likeness (QED) is 0.169. The highest BCUT2D eigenvalue weighted by Crippen LogP contribution is 2.59. The molecule has 1 aliphatic heterocycles. The Morgan fingerprint density at radius 1 is 0.729 bits per heavy atom. The van der Waals surface area contributed by atoms with Gasteiger partial charge in [0, 0.05) is 29.6 Å². The maximum Gasteiger partial charge on any atom is 0.126 e. The third-order valence-corrected chi connectivity index (χ3v) is 16.3. The number of nitrogens with zero attached hydrogens (tertiary/aromatic N) is 2. The number of hydrogen-bond donors (Lipinski definition) is 0. The van der Waals surface area contributed by atoms with Crippen LogP contribution in [0.25, 0.3) is 22.2 Å². The summed E-state index contributed by atoms with van der Waals surface area (Å²) in [7, 11) is 3.55. The SMILES string of the molecule is COc1cc(C)c(-c2c(C(C)(C)C)c3cc(OC)c(C)c(C)c3n2C(C)c2c(C)c(C)c(OC(C)(C)CN3C(C)CC(C)(C)C(C)(C)C(C)(C)C3C)c(C)c2C)c(C)c1. The minimum Gasteiger partial charge on any atom is -0.497 e.